The number of pyridine rings is 1. The topological polar surface area (TPSA) is 95.5 Å². The molecule has 0 saturated carbocycles. The lowest BCUT2D eigenvalue weighted by atomic mass is 10.1. The van der Waals surface area contributed by atoms with Crippen LogP contribution in [0.15, 0.2) is 85.1 Å². The first-order valence-corrected chi connectivity index (χ1v) is 9.78. The number of aliphatic hydroxyl groups excluding tert-OH is 1. The van der Waals surface area contributed by atoms with Crippen molar-refractivity contribution < 1.29 is 14.6 Å². The second-order valence-corrected chi connectivity index (χ2v) is 6.81. The standard InChI is InChI=1S/C24H22N4O3/c1-25-23(29)21-15-17(13-14-26-21)31-22-12-11-20(18-9-5-6-10-19(18)22)28-24(30)27-16-7-3-2-4-8-16/h2-15,23,25,29H,1H3,(H2,27,28,30). The molecule has 4 rings (SSSR count). The Morgan fingerprint density at radius 1 is 0.935 bits per heavy atom. The Balaban J connectivity index is 1.59. The van der Waals surface area contributed by atoms with Gasteiger partial charge in [0.2, 0.25) is 0 Å². The minimum Gasteiger partial charge on any atom is -0.457 e. The van der Waals surface area contributed by atoms with Crippen LogP contribution in [0.4, 0.5) is 16.2 Å². The lowest BCUT2D eigenvalue weighted by molar-refractivity contribution is 0.144. The molecule has 7 heteroatoms. The molecule has 1 heterocycles. The van der Waals surface area contributed by atoms with Crippen molar-refractivity contribution in [2.45, 2.75) is 6.23 Å². The largest absolute Gasteiger partial charge is 0.457 e. The maximum atomic E-state index is 12.4. The van der Waals surface area contributed by atoms with E-state index in [9.17, 15) is 9.90 Å². The second-order valence-electron chi connectivity index (χ2n) is 6.81. The number of nitrogens with zero attached hydrogens (tertiary/aromatic N) is 1. The molecule has 0 radical (unpaired) electrons. The van der Waals surface area contributed by atoms with Crippen LogP contribution in [0.3, 0.4) is 0 Å². The molecule has 0 fully saturated rings. The van der Waals surface area contributed by atoms with Gasteiger partial charge in [-0.05, 0) is 37.4 Å². The third-order valence-corrected chi connectivity index (χ3v) is 4.70. The van der Waals surface area contributed by atoms with Gasteiger partial charge in [-0.2, -0.15) is 0 Å². The van der Waals surface area contributed by atoms with E-state index in [1.807, 2.05) is 54.6 Å². The van der Waals surface area contributed by atoms with Gasteiger partial charge < -0.3 is 20.5 Å². The predicted octanol–water partition coefficient (Wildman–Crippen LogP) is 4.88. The summed E-state index contributed by atoms with van der Waals surface area (Å²) in [5, 5.41) is 20.1. The first kappa shape index (κ1) is 20.3. The van der Waals surface area contributed by atoms with Gasteiger partial charge in [0, 0.05) is 28.7 Å². The Morgan fingerprint density at radius 2 is 1.68 bits per heavy atom. The Kier molecular flexibility index (Phi) is 6.07. The molecule has 1 aromatic heterocycles. The molecule has 4 N–H and O–H groups in total. The molecule has 0 aliphatic heterocycles. The van der Waals surface area contributed by atoms with Crippen LogP contribution in [0.25, 0.3) is 10.8 Å². The van der Waals surface area contributed by atoms with Crippen molar-refractivity contribution in [3.63, 3.8) is 0 Å². The molecule has 31 heavy (non-hydrogen) atoms. The highest BCUT2D eigenvalue weighted by Gasteiger charge is 2.12. The third kappa shape index (κ3) is 4.80. The molecule has 0 saturated heterocycles. The zero-order chi connectivity index (χ0) is 21.6. The number of amides is 2. The Hall–Kier alpha value is -3.94. The Bertz CT molecular complexity index is 1200. The molecule has 2 amide bonds. The summed E-state index contributed by atoms with van der Waals surface area (Å²) >= 11 is 0. The van der Waals surface area contributed by atoms with Crippen LogP contribution in [0, 0.1) is 0 Å². The molecule has 3 aromatic carbocycles. The number of rotatable bonds is 6. The normalized spacial score (nSPS) is 11.7. The molecule has 7 nitrogen and oxygen atoms in total. The number of para-hydroxylation sites is 1. The number of urea groups is 1. The van der Waals surface area contributed by atoms with Crippen LogP contribution >= 0.6 is 0 Å². The Morgan fingerprint density at radius 3 is 2.45 bits per heavy atom. The summed E-state index contributed by atoms with van der Waals surface area (Å²) in [5.41, 5.74) is 1.83. The van der Waals surface area contributed by atoms with Crippen LogP contribution in [-0.4, -0.2) is 23.2 Å². The van der Waals surface area contributed by atoms with Gasteiger partial charge in [0.1, 0.15) is 17.7 Å². The quantitative estimate of drug-likeness (QED) is 0.337. The van der Waals surface area contributed by atoms with E-state index in [2.05, 4.69) is 20.9 Å². The fraction of sp³-hybridized carbons (Fsp3) is 0.0833. The van der Waals surface area contributed by atoms with Crippen molar-refractivity contribution in [1.82, 2.24) is 10.3 Å². The van der Waals surface area contributed by atoms with Crippen molar-refractivity contribution in [2.24, 2.45) is 0 Å². The summed E-state index contributed by atoms with van der Waals surface area (Å²) in [6.07, 6.45) is 0.701. The first-order valence-electron chi connectivity index (χ1n) is 9.78. The molecule has 0 bridgehead atoms. The highest BCUT2D eigenvalue weighted by molar-refractivity contribution is 6.07. The highest BCUT2D eigenvalue weighted by atomic mass is 16.5. The molecule has 0 aliphatic rings. The van der Waals surface area contributed by atoms with Crippen LogP contribution in [0.1, 0.15) is 11.9 Å². The minimum atomic E-state index is -0.880. The number of fused-ring (bicyclic) bond motifs is 1. The summed E-state index contributed by atoms with van der Waals surface area (Å²) in [6.45, 7) is 0. The number of anilines is 2. The number of aromatic nitrogens is 1. The maximum absolute atomic E-state index is 12.4. The van der Waals surface area contributed by atoms with E-state index in [1.54, 1.807) is 37.5 Å². The molecule has 156 valence electrons. The maximum Gasteiger partial charge on any atom is 0.323 e. The molecule has 1 unspecified atom stereocenters. The van der Waals surface area contributed by atoms with Crippen LogP contribution in [0.5, 0.6) is 11.5 Å². The van der Waals surface area contributed by atoms with E-state index in [-0.39, 0.29) is 6.03 Å². The van der Waals surface area contributed by atoms with Crippen molar-refractivity contribution in [3.8, 4) is 11.5 Å². The van der Waals surface area contributed by atoms with Gasteiger partial charge in [-0.15, -0.1) is 0 Å². The average molecular weight is 414 g/mol. The molecule has 0 spiro atoms. The summed E-state index contributed by atoms with van der Waals surface area (Å²) < 4.78 is 6.08. The monoisotopic (exact) mass is 414 g/mol. The summed E-state index contributed by atoms with van der Waals surface area (Å²) in [4.78, 5) is 16.6. The number of carbonyl (C=O) groups excluding carboxylic acids is 1. The van der Waals surface area contributed by atoms with Crippen molar-refractivity contribution in [1.29, 1.82) is 0 Å². The zero-order valence-electron chi connectivity index (χ0n) is 16.9. The van der Waals surface area contributed by atoms with E-state index >= 15 is 0 Å². The SMILES string of the molecule is CNC(O)c1cc(Oc2ccc(NC(=O)Nc3ccccc3)c3ccccc23)ccn1. The van der Waals surface area contributed by atoms with E-state index in [1.165, 1.54) is 0 Å². The average Bonchev–Trinajstić information content (AvgIpc) is 2.81. The van der Waals surface area contributed by atoms with E-state index in [4.69, 9.17) is 4.74 Å². The number of carbonyl (C=O) groups is 1. The fourth-order valence-electron chi connectivity index (χ4n) is 3.19. The molecular weight excluding hydrogens is 392 g/mol. The van der Waals surface area contributed by atoms with Crippen LogP contribution < -0.4 is 20.7 Å². The van der Waals surface area contributed by atoms with Gasteiger partial charge >= 0.3 is 6.03 Å². The van der Waals surface area contributed by atoms with E-state index in [0.717, 1.165) is 10.8 Å². The fourth-order valence-corrected chi connectivity index (χ4v) is 3.19. The number of ether oxygens (including phenoxy) is 1. The van der Waals surface area contributed by atoms with Gasteiger partial charge in [-0.25, -0.2) is 4.79 Å². The zero-order valence-corrected chi connectivity index (χ0v) is 16.9. The molecule has 4 aromatic rings. The Labute approximate surface area is 179 Å². The van der Waals surface area contributed by atoms with Gasteiger partial charge in [0.05, 0.1) is 11.4 Å². The number of hydrogen-bond acceptors (Lipinski definition) is 5. The number of hydrogen-bond donors (Lipinski definition) is 4. The van der Waals surface area contributed by atoms with Gasteiger partial charge in [-0.1, -0.05) is 42.5 Å². The minimum absolute atomic E-state index is 0.329. The number of nitrogens with one attached hydrogen (secondary N) is 3. The van der Waals surface area contributed by atoms with Gasteiger partial charge in [0.15, 0.2) is 0 Å². The summed E-state index contributed by atoms with van der Waals surface area (Å²) in [6, 6.07) is 23.6. The molecule has 0 aliphatic carbocycles. The predicted molar refractivity (Wildman–Crippen MR) is 121 cm³/mol. The van der Waals surface area contributed by atoms with Gasteiger partial charge in [0.25, 0.3) is 0 Å². The van der Waals surface area contributed by atoms with Crippen LogP contribution in [-0.2, 0) is 0 Å². The second kappa shape index (κ2) is 9.25. The number of benzene rings is 3. The van der Waals surface area contributed by atoms with Crippen molar-refractivity contribution >= 4 is 28.2 Å². The van der Waals surface area contributed by atoms with E-state index < -0.39 is 6.23 Å². The number of aliphatic hydroxyl groups is 1. The third-order valence-electron chi connectivity index (χ3n) is 4.70. The molecule has 1 atom stereocenters. The lowest BCUT2D eigenvalue weighted by Crippen LogP contribution is -2.19. The van der Waals surface area contributed by atoms with Crippen molar-refractivity contribution in [3.05, 3.63) is 90.8 Å². The van der Waals surface area contributed by atoms with Crippen LogP contribution in [0.2, 0.25) is 0 Å². The van der Waals surface area contributed by atoms with E-state index in [0.29, 0.717) is 28.6 Å². The van der Waals surface area contributed by atoms with Crippen molar-refractivity contribution in [2.75, 3.05) is 17.7 Å². The first-order chi connectivity index (χ1) is 15.1. The lowest BCUT2D eigenvalue weighted by Gasteiger charge is -2.15. The summed E-state index contributed by atoms with van der Waals surface area (Å²) in [5.74, 6) is 1.17. The summed E-state index contributed by atoms with van der Waals surface area (Å²) in [7, 11) is 1.65. The van der Waals surface area contributed by atoms with Gasteiger partial charge in [-0.3, -0.25) is 10.3 Å². The smallest absolute Gasteiger partial charge is 0.323 e. The molecular formula is C24H22N4O3. The highest BCUT2D eigenvalue weighted by Crippen LogP contribution is 2.34.